The first-order valence-corrected chi connectivity index (χ1v) is 8.96. The molecule has 2 aromatic carbocycles. The third-order valence-electron chi connectivity index (χ3n) is 4.43. The number of carbonyl (C=O) groups is 1. The summed E-state index contributed by atoms with van der Waals surface area (Å²) in [6.07, 6.45) is 0. The summed E-state index contributed by atoms with van der Waals surface area (Å²) in [5, 5.41) is 20.7. The van der Waals surface area contributed by atoms with E-state index in [9.17, 15) is 9.90 Å². The van der Waals surface area contributed by atoms with Gasteiger partial charge in [-0.3, -0.25) is 9.89 Å². The van der Waals surface area contributed by atoms with Gasteiger partial charge >= 0.3 is 0 Å². The second kappa shape index (κ2) is 8.99. The number of ether oxygens (including phenoxy) is 3. The lowest BCUT2D eigenvalue weighted by molar-refractivity contribution is 0.0950. The number of methoxy groups -OCH3 is 3. The summed E-state index contributed by atoms with van der Waals surface area (Å²) in [6, 6.07) is 11.7. The molecule has 0 radical (unpaired) electrons. The summed E-state index contributed by atoms with van der Waals surface area (Å²) >= 11 is 0. The highest BCUT2D eigenvalue weighted by atomic mass is 16.5. The maximum absolute atomic E-state index is 12.5. The normalized spacial score (nSPS) is 11.1. The number of nitrogens with zero attached hydrogens (tertiary/aromatic N) is 2. The molecule has 0 aliphatic rings. The molecule has 0 spiro atoms. The van der Waals surface area contributed by atoms with Crippen LogP contribution in [-0.2, 0) is 0 Å². The van der Waals surface area contributed by atoms with Crippen molar-refractivity contribution in [3.8, 4) is 34.3 Å². The predicted octanol–water partition coefficient (Wildman–Crippen LogP) is 2.96. The van der Waals surface area contributed by atoms with Crippen molar-refractivity contribution >= 4 is 11.6 Å². The van der Waals surface area contributed by atoms with Crippen LogP contribution < -0.4 is 19.6 Å². The third-order valence-corrected chi connectivity index (χ3v) is 4.43. The SMILES string of the molecule is COc1ccc(OC)c(-c2cc(C(=O)NN=C(C)c3ccc(O)c(OC)c3)[nH]n2)c1. The number of aromatic hydroxyl groups is 1. The van der Waals surface area contributed by atoms with Crippen molar-refractivity contribution in [3.63, 3.8) is 0 Å². The highest BCUT2D eigenvalue weighted by molar-refractivity contribution is 6.01. The van der Waals surface area contributed by atoms with Crippen molar-refractivity contribution in [2.75, 3.05) is 21.3 Å². The van der Waals surface area contributed by atoms with E-state index in [1.54, 1.807) is 57.5 Å². The van der Waals surface area contributed by atoms with E-state index in [1.807, 2.05) is 0 Å². The number of phenolic OH excluding ortho intramolecular Hbond substituents is 1. The number of hydrogen-bond donors (Lipinski definition) is 3. The first-order chi connectivity index (χ1) is 14.5. The van der Waals surface area contributed by atoms with Gasteiger partial charge in [0.05, 0.1) is 32.7 Å². The van der Waals surface area contributed by atoms with E-state index in [4.69, 9.17) is 14.2 Å². The van der Waals surface area contributed by atoms with Gasteiger partial charge in [0, 0.05) is 11.1 Å². The number of benzene rings is 2. The lowest BCUT2D eigenvalue weighted by Gasteiger charge is -2.08. The van der Waals surface area contributed by atoms with Crippen LogP contribution in [0.5, 0.6) is 23.0 Å². The number of hydrazone groups is 1. The summed E-state index contributed by atoms with van der Waals surface area (Å²) in [5.41, 5.74) is 5.15. The van der Waals surface area contributed by atoms with E-state index in [0.717, 1.165) is 0 Å². The zero-order valence-electron chi connectivity index (χ0n) is 17.0. The topological polar surface area (TPSA) is 118 Å². The second-order valence-corrected chi connectivity index (χ2v) is 6.26. The Bertz CT molecular complexity index is 1090. The Morgan fingerprint density at radius 2 is 1.80 bits per heavy atom. The van der Waals surface area contributed by atoms with Crippen LogP contribution in [0.3, 0.4) is 0 Å². The van der Waals surface area contributed by atoms with E-state index < -0.39 is 5.91 Å². The number of rotatable bonds is 7. The molecule has 0 aliphatic heterocycles. The van der Waals surface area contributed by atoms with Gasteiger partial charge in [0.15, 0.2) is 11.5 Å². The van der Waals surface area contributed by atoms with Crippen molar-refractivity contribution in [1.82, 2.24) is 15.6 Å². The molecule has 0 aliphatic carbocycles. The van der Waals surface area contributed by atoms with Crippen molar-refractivity contribution in [2.24, 2.45) is 5.10 Å². The second-order valence-electron chi connectivity index (χ2n) is 6.26. The van der Waals surface area contributed by atoms with Gasteiger partial charge in [0.2, 0.25) is 0 Å². The maximum Gasteiger partial charge on any atom is 0.289 e. The molecule has 1 heterocycles. The van der Waals surface area contributed by atoms with Gasteiger partial charge < -0.3 is 19.3 Å². The van der Waals surface area contributed by atoms with Gasteiger partial charge in [-0.05, 0) is 49.4 Å². The average molecular weight is 410 g/mol. The molecule has 0 atom stereocenters. The summed E-state index contributed by atoms with van der Waals surface area (Å²) in [5.74, 6) is 1.13. The first-order valence-electron chi connectivity index (χ1n) is 8.96. The van der Waals surface area contributed by atoms with E-state index in [2.05, 4.69) is 20.7 Å². The molecule has 30 heavy (non-hydrogen) atoms. The van der Waals surface area contributed by atoms with Crippen LogP contribution in [0.1, 0.15) is 23.0 Å². The smallest absolute Gasteiger partial charge is 0.289 e. The fraction of sp³-hybridized carbons (Fsp3) is 0.190. The number of H-pyrrole nitrogens is 1. The third kappa shape index (κ3) is 4.35. The fourth-order valence-electron chi connectivity index (χ4n) is 2.75. The van der Waals surface area contributed by atoms with Crippen LogP contribution in [0.15, 0.2) is 47.6 Å². The first kappa shape index (κ1) is 20.7. The number of amides is 1. The minimum Gasteiger partial charge on any atom is -0.504 e. The Kier molecular flexibility index (Phi) is 6.21. The maximum atomic E-state index is 12.5. The quantitative estimate of drug-likeness (QED) is 0.407. The summed E-state index contributed by atoms with van der Waals surface area (Å²) in [4.78, 5) is 12.5. The summed E-state index contributed by atoms with van der Waals surface area (Å²) < 4.78 is 15.7. The minimum absolute atomic E-state index is 0.0241. The zero-order valence-corrected chi connectivity index (χ0v) is 17.0. The van der Waals surface area contributed by atoms with Crippen molar-refractivity contribution < 1.29 is 24.1 Å². The standard InChI is InChI=1S/C21H22N4O5/c1-12(13-5-7-18(26)20(9-13)30-4)22-25-21(27)17-11-16(23-24-17)15-10-14(28-2)6-8-19(15)29-3/h5-11,26H,1-4H3,(H,23,24)(H,25,27). The number of phenols is 1. The van der Waals surface area contributed by atoms with Crippen LogP contribution in [0, 0.1) is 0 Å². The molecule has 0 unspecified atom stereocenters. The molecule has 9 nitrogen and oxygen atoms in total. The van der Waals surface area contributed by atoms with Crippen molar-refractivity contribution in [1.29, 1.82) is 0 Å². The summed E-state index contributed by atoms with van der Waals surface area (Å²) in [6.45, 7) is 1.73. The van der Waals surface area contributed by atoms with E-state index in [1.165, 1.54) is 13.2 Å². The van der Waals surface area contributed by atoms with Crippen LogP contribution in [0.4, 0.5) is 0 Å². The molecular formula is C21H22N4O5. The Labute approximate surface area is 173 Å². The Morgan fingerprint density at radius 1 is 1.03 bits per heavy atom. The van der Waals surface area contributed by atoms with Gasteiger partial charge in [-0.15, -0.1) is 0 Å². The number of nitrogens with one attached hydrogen (secondary N) is 2. The van der Waals surface area contributed by atoms with Gasteiger partial charge in [0.25, 0.3) is 5.91 Å². The fourth-order valence-corrected chi connectivity index (χ4v) is 2.75. The van der Waals surface area contributed by atoms with Gasteiger partial charge in [-0.2, -0.15) is 10.2 Å². The largest absolute Gasteiger partial charge is 0.504 e. The molecule has 1 amide bonds. The van der Waals surface area contributed by atoms with Crippen molar-refractivity contribution in [2.45, 2.75) is 6.92 Å². The molecule has 9 heteroatoms. The molecule has 3 aromatic rings. The van der Waals surface area contributed by atoms with Crippen LogP contribution in [0.2, 0.25) is 0 Å². The van der Waals surface area contributed by atoms with Gasteiger partial charge in [-0.1, -0.05) is 0 Å². The molecule has 0 fully saturated rings. The predicted molar refractivity (Wildman–Crippen MR) is 111 cm³/mol. The van der Waals surface area contributed by atoms with E-state index in [-0.39, 0.29) is 11.4 Å². The summed E-state index contributed by atoms with van der Waals surface area (Å²) in [7, 11) is 4.58. The Balaban J connectivity index is 1.78. The average Bonchev–Trinajstić information content (AvgIpc) is 3.27. The van der Waals surface area contributed by atoms with Crippen LogP contribution >= 0.6 is 0 Å². The zero-order chi connectivity index (χ0) is 21.7. The lowest BCUT2D eigenvalue weighted by atomic mass is 10.1. The van der Waals surface area contributed by atoms with Gasteiger partial charge in [0.1, 0.15) is 17.2 Å². The lowest BCUT2D eigenvalue weighted by Crippen LogP contribution is -2.19. The monoisotopic (exact) mass is 410 g/mol. The molecule has 0 saturated heterocycles. The Hall–Kier alpha value is -4.01. The number of aromatic nitrogens is 2. The Morgan fingerprint density at radius 3 is 2.50 bits per heavy atom. The molecular weight excluding hydrogens is 388 g/mol. The molecule has 156 valence electrons. The highest BCUT2D eigenvalue weighted by Crippen LogP contribution is 2.32. The molecule has 3 N–H and O–H groups in total. The van der Waals surface area contributed by atoms with Crippen molar-refractivity contribution in [3.05, 3.63) is 53.7 Å². The molecule has 0 bridgehead atoms. The number of carbonyl (C=O) groups excluding carboxylic acids is 1. The van der Waals surface area contributed by atoms with E-state index >= 15 is 0 Å². The highest BCUT2D eigenvalue weighted by Gasteiger charge is 2.15. The minimum atomic E-state index is -0.458. The number of hydrogen-bond acceptors (Lipinski definition) is 7. The molecule has 1 aromatic heterocycles. The van der Waals surface area contributed by atoms with Gasteiger partial charge in [-0.25, -0.2) is 5.43 Å². The van der Waals surface area contributed by atoms with Crippen LogP contribution in [0.25, 0.3) is 11.3 Å². The van der Waals surface area contributed by atoms with E-state index in [0.29, 0.717) is 39.8 Å². The molecule has 0 saturated carbocycles. The molecule has 3 rings (SSSR count). The van der Waals surface area contributed by atoms with Crippen LogP contribution in [-0.4, -0.2) is 48.3 Å². The number of aromatic amines is 1.